The second kappa shape index (κ2) is 2.94. The molecule has 0 saturated heterocycles. The van der Waals surface area contributed by atoms with Gasteiger partial charge >= 0.3 is 0 Å². The van der Waals surface area contributed by atoms with Crippen molar-refractivity contribution in [2.75, 3.05) is 18.5 Å². The van der Waals surface area contributed by atoms with Crippen LogP contribution < -0.4 is 4.90 Å². The molecule has 1 heterocycles. The Hall–Kier alpha value is -1.12. The van der Waals surface area contributed by atoms with E-state index in [-0.39, 0.29) is 12.0 Å². The summed E-state index contributed by atoms with van der Waals surface area (Å²) in [4.78, 5) is 1.89. The van der Waals surface area contributed by atoms with E-state index in [0.29, 0.717) is 12.2 Å². The smallest absolute Gasteiger partial charge is 0.276 e. The molecule has 0 aliphatic carbocycles. The molecule has 3 heteroatoms. The van der Waals surface area contributed by atoms with Crippen LogP contribution >= 0.6 is 0 Å². The van der Waals surface area contributed by atoms with Crippen LogP contribution in [-0.4, -0.2) is 13.6 Å². The molecule has 1 nitrogen and oxygen atoms in total. The second-order valence-corrected chi connectivity index (χ2v) is 3.90. The number of alkyl halides is 2. The van der Waals surface area contributed by atoms with E-state index in [1.54, 1.807) is 12.1 Å². The van der Waals surface area contributed by atoms with Gasteiger partial charge < -0.3 is 4.90 Å². The molecule has 2 rings (SSSR count). The minimum atomic E-state index is -2.66. The molecule has 76 valence electrons. The number of halogens is 2. The van der Waals surface area contributed by atoms with Crippen molar-refractivity contribution in [3.63, 3.8) is 0 Å². The summed E-state index contributed by atoms with van der Waals surface area (Å²) in [5.74, 6) is -2.66. The van der Waals surface area contributed by atoms with Crippen molar-refractivity contribution in [2.45, 2.75) is 19.3 Å². The Balaban J connectivity index is 2.57. The zero-order valence-corrected chi connectivity index (χ0v) is 8.35. The fourth-order valence-corrected chi connectivity index (χ4v) is 1.83. The van der Waals surface area contributed by atoms with Crippen LogP contribution in [0, 0.1) is 6.92 Å². The first kappa shape index (κ1) is 9.44. The third-order valence-corrected chi connectivity index (χ3v) is 2.72. The van der Waals surface area contributed by atoms with Crippen molar-refractivity contribution in [2.24, 2.45) is 0 Å². The van der Waals surface area contributed by atoms with Crippen LogP contribution in [0.25, 0.3) is 0 Å². The largest absolute Gasteiger partial charge is 0.374 e. The van der Waals surface area contributed by atoms with Crippen LogP contribution in [0.5, 0.6) is 0 Å². The van der Waals surface area contributed by atoms with Crippen LogP contribution in [0.15, 0.2) is 18.2 Å². The summed E-state index contributed by atoms with van der Waals surface area (Å²) in [6.07, 6.45) is -0.0838. The van der Waals surface area contributed by atoms with E-state index in [1.807, 2.05) is 24.9 Å². The van der Waals surface area contributed by atoms with Gasteiger partial charge in [0.05, 0.1) is 0 Å². The van der Waals surface area contributed by atoms with Crippen molar-refractivity contribution < 1.29 is 8.78 Å². The van der Waals surface area contributed by atoms with Gasteiger partial charge in [0.25, 0.3) is 5.92 Å². The van der Waals surface area contributed by atoms with Crippen molar-refractivity contribution in [3.05, 3.63) is 29.3 Å². The summed E-state index contributed by atoms with van der Waals surface area (Å²) in [6, 6.07) is 5.11. The Morgan fingerprint density at radius 1 is 1.36 bits per heavy atom. The Labute approximate surface area is 82.3 Å². The van der Waals surface area contributed by atoms with Gasteiger partial charge in [-0.2, -0.15) is 0 Å². The quantitative estimate of drug-likeness (QED) is 0.618. The van der Waals surface area contributed by atoms with Crippen LogP contribution in [0.2, 0.25) is 0 Å². The maximum atomic E-state index is 13.5. The second-order valence-electron chi connectivity index (χ2n) is 3.90. The number of benzene rings is 1. The lowest BCUT2D eigenvalue weighted by molar-refractivity contribution is -0.0147. The summed E-state index contributed by atoms with van der Waals surface area (Å²) in [5, 5.41) is 0. The van der Waals surface area contributed by atoms with Gasteiger partial charge in [0.1, 0.15) is 0 Å². The van der Waals surface area contributed by atoms with Gasteiger partial charge in [-0.25, -0.2) is 8.78 Å². The fraction of sp³-hybridized carbons (Fsp3) is 0.455. The summed E-state index contributed by atoms with van der Waals surface area (Å²) in [7, 11) is 1.85. The van der Waals surface area contributed by atoms with Gasteiger partial charge in [-0.1, -0.05) is 12.1 Å². The van der Waals surface area contributed by atoms with Gasteiger partial charge in [-0.15, -0.1) is 0 Å². The highest BCUT2D eigenvalue weighted by Crippen LogP contribution is 2.41. The number of hydrogen-bond donors (Lipinski definition) is 0. The van der Waals surface area contributed by atoms with Crippen LogP contribution in [-0.2, 0) is 5.92 Å². The van der Waals surface area contributed by atoms with E-state index in [9.17, 15) is 8.78 Å². The van der Waals surface area contributed by atoms with E-state index in [1.165, 1.54) is 0 Å². The molecule has 0 atom stereocenters. The predicted molar refractivity (Wildman–Crippen MR) is 53.0 cm³/mol. The summed E-state index contributed by atoms with van der Waals surface area (Å²) in [6.45, 7) is 2.34. The standard InChI is InChI=1S/C11H13F2N/c1-8-3-4-9-10(7-8)14(2)6-5-11(9,12)13/h3-4,7H,5-6H2,1-2H3. The molecule has 0 bridgehead atoms. The van der Waals surface area contributed by atoms with E-state index in [4.69, 9.17) is 0 Å². The highest BCUT2D eigenvalue weighted by Gasteiger charge is 2.38. The molecule has 0 spiro atoms. The monoisotopic (exact) mass is 197 g/mol. The highest BCUT2D eigenvalue weighted by atomic mass is 19.3. The van der Waals surface area contributed by atoms with Crippen molar-refractivity contribution in [3.8, 4) is 0 Å². The van der Waals surface area contributed by atoms with Crippen molar-refractivity contribution in [1.82, 2.24) is 0 Å². The molecular formula is C11H13F2N. The lowest BCUT2D eigenvalue weighted by Gasteiger charge is -2.33. The first-order valence-electron chi connectivity index (χ1n) is 4.71. The molecule has 0 fully saturated rings. The average molecular weight is 197 g/mol. The molecular weight excluding hydrogens is 184 g/mol. The Bertz CT molecular complexity index is 360. The zero-order valence-electron chi connectivity index (χ0n) is 8.35. The lowest BCUT2D eigenvalue weighted by atomic mass is 9.97. The molecule has 14 heavy (non-hydrogen) atoms. The first-order valence-corrected chi connectivity index (χ1v) is 4.71. The maximum absolute atomic E-state index is 13.5. The van der Waals surface area contributed by atoms with E-state index >= 15 is 0 Å². The van der Waals surface area contributed by atoms with Crippen molar-refractivity contribution in [1.29, 1.82) is 0 Å². The predicted octanol–water partition coefficient (Wildman–Crippen LogP) is 2.93. The number of hydrogen-bond acceptors (Lipinski definition) is 1. The molecule has 1 aliphatic heterocycles. The Kier molecular flexibility index (Phi) is 1.98. The van der Waals surface area contributed by atoms with Gasteiger partial charge in [0, 0.05) is 31.3 Å². The number of anilines is 1. The van der Waals surface area contributed by atoms with E-state index < -0.39 is 5.92 Å². The Morgan fingerprint density at radius 3 is 2.79 bits per heavy atom. The zero-order chi connectivity index (χ0) is 10.3. The topological polar surface area (TPSA) is 3.24 Å². The lowest BCUT2D eigenvalue weighted by Crippen LogP contribution is -2.33. The van der Waals surface area contributed by atoms with E-state index in [2.05, 4.69) is 0 Å². The molecule has 0 N–H and O–H groups in total. The Morgan fingerprint density at radius 2 is 2.07 bits per heavy atom. The minimum Gasteiger partial charge on any atom is -0.374 e. The average Bonchev–Trinajstić information content (AvgIpc) is 2.12. The summed E-state index contributed by atoms with van der Waals surface area (Å²) in [5.41, 5.74) is 1.85. The fourth-order valence-electron chi connectivity index (χ4n) is 1.83. The van der Waals surface area contributed by atoms with Crippen LogP contribution in [0.1, 0.15) is 17.5 Å². The van der Waals surface area contributed by atoms with Gasteiger partial charge in [0.15, 0.2) is 0 Å². The minimum absolute atomic E-state index is 0.0838. The number of fused-ring (bicyclic) bond motifs is 1. The van der Waals surface area contributed by atoms with Crippen LogP contribution in [0.4, 0.5) is 14.5 Å². The van der Waals surface area contributed by atoms with Gasteiger partial charge in [-0.3, -0.25) is 0 Å². The molecule has 1 aromatic rings. The molecule has 0 aromatic heterocycles. The SMILES string of the molecule is Cc1ccc2c(c1)N(C)CCC2(F)F. The summed E-state index contributed by atoms with van der Waals surface area (Å²) < 4.78 is 27.0. The third-order valence-electron chi connectivity index (χ3n) is 2.72. The molecule has 0 amide bonds. The number of aryl methyl sites for hydroxylation is 1. The normalized spacial score (nSPS) is 19.3. The van der Waals surface area contributed by atoms with Gasteiger partial charge in [-0.05, 0) is 18.6 Å². The maximum Gasteiger partial charge on any atom is 0.276 e. The van der Waals surface area contributed by atoms with Crippen molar-refractivity contribution >= 4 is 5.69 Å². The van der Waals surface area contributed by atoms with E-state index in [0.717, 1.165) is 5.56 Å². The van der Waals surface area contributed by atoms with Gasteiger partial charge in [0.2, 0.25) is 0 Å². The molecule has 0 unspecified atom stereocenters. The molecule has 1 aliphatic rings. The third kappa shape index (κ3) is 1.37. The summed E-state index contributed by atoms with van der Waals surface area (Å²) >= 11 is 0. The molecule has 1 aromatic carbocycles. The highest BCUT2D eigenvalue weighted by molar-refractivity contribution is 5.58. The molecule has 0 radical (unpaired) electrons. The number of rotatable bonds is 0. The first-order chi connectivity index (χ1) is 6.50. The number of nitrogens with zero attached hydrogens (tertiary/aromatic N) is 1. The van der Waals surface area contributed by atoms with Crippen LogP contribution in [0.3, 0.4) is 0 Å². The molecule has 0 saturated carbocycles.